The van der Waals surface area contributed by atoms with Crippen LogP contribution in [-0.4, -0.2) is 21.6 Å². The number of sulfonamides is 1. The van der Waals surface area contributed by atoms with Crippen molar-refractivity contribution in [3.8, 4) is 5.75 Å². The smallest absolute Gasteiger partial charge is 0.240 e. The first-order chi connectivity index (χ1) is 9.97. The Bertz CT molecular complexity index is 589. The van der Waals surface area contributed by atoms with E-state index < -0.39 is 10.0 Å². The van der Waals surface area contributed by atoms with Crippen molar-refractivity contribution in [1.29, 1.82) is 0 Å². The third-order valence-electron chi connectivity index (χ3n) is 4.17. The molecule has 2 unspecified atom stereocenters. The Kier molecular flexibility index (Phi) is 5.68. The normalized spacial score (nSPS) is 23.0. The maximum absolute atomic E-state index is 12.5. The minimum absolute atomic E-state index is 0.0506. The molecule has 4 nitrogen and oxygen atoms in total. The topological polar surface area (TPSA) is 55.4 Å². The summed E-state index contributed by atoms with van der Waals surface area (Å²) in [6, 6.07) is 4.88. The van der Waals surface area contributed by atoms with Gasteiger partial charge in [0.05, 0.1) is 16.5 Å². The number of nitrogens with one attached hydrogen (secondary N) is 1. The van der Waals surface area contributed by atoms with E-state index in [4.69, 9.17) is 4.74 Å². The lowest BCUT2D eigenvalue weighted by Gasteiger charge is -2.31. The number of hydrogen-bond acceptors (Lipinski definition) is 3. The van der Waals surface area contributed by atoms with Gasteiger partial charge in [-0.15, -0.1) is 0 Å². The average Bonchev–Trinajstić information content (AvgIpc) is 2.47. The zero-order valence-electron chi connectivity index (χ0n) is 12.4. The van der Waals surface area contributed by atoms with Crippen LogP contribution in [0.25, 0.3) is 0 Å². The van der Waals surface area contributed by atoms with Crippen LogP contribution in [0.5, 0.6) is 5.75 Å². The average molecular weight is 376 g/mol. The third-order valence-corrected chi connectivity index (χ3v) is 6.28. The Morgan fingerprint density at radius 3 is 2.67 bits per heavy atom. The lowest BCUT2D eigenvalue weighted by atomic mass is 9.83. The summed E-state index contributed by atoms with van der Waals surface area (Å²) < 4.78 is 33.7. The lowest BCUT2D eigenvalue weighted by Crippen LogP contribution is -2.41. The van der Waals surface area contributed by atoms with Crippen molar-refractivity contribution in [2.45, 2.75) is 50.0 Å². The van der Waals surface area contributed by atoms with E-state index in [9.17, 15) is 8.42 Å². The van der Waals surface area contributed by atoms with Gasteiger partial charge in [-0.2, -0.15) is 0 Å². The van der Waals surface area contributed by atoms with Gasteiger partial charge in [0, 0.05) is 6.04 Å². The van der Waals surface area contributed by atoms with Gasteiger partial charge in [-0.05, 0) is 52.9 Å². The second kappa shape index (κ2) is 7.11. The first-order valence-electron chi connectivity index (χ1n) is 7.33. The van der Waals surface area contributed by atoms with Gasteiger partial charge in [0.15, 0.2) is 0 Å². The molecule has 1 aromatic rings. The predicted octanol–water partition coefficient (Wildman–Crippen LogP) is 3.70. The summed E-state index contributed by atoms with van der Waals surface area (Å²) in [4.78, 5) is 0.274. The molecule has 0 radical (unpaired) electrons. The summed E-state index contributed by atoms with van der Waals surface area (Å²) in [6.45, 7) is 2.13. The van der Waals surface area contributed by atoms with Crippen molar-refractivity contribution in [2.24, 2.45) is 5.92 Å². The highest BCUT2D eigenvalue weighted by atomic mass is 79.9. The fourth-order valence-corrected chi connectivity index (χ4v) is 4.99. The van der Waals surface area contributed by atoms with Gasteiger partial charge in [0.2, 0.25) is 10.0 Å². The number of methoxy groups -OCH3 is 1. The Hall–Kier alpha value is -0.590. The van der Waals surface area contributed by atoms with Crippen LogP contribution in [0.4, 0.5) is 0 Å². The van der Waals surface area contributed by atoms with Crippen molar-refractivity contribution in [2.75, 3.05) is 7.11 Å². The van der Waals surface area contributed by atoms with E-state index >= 15 is 0 Å². The minimum atomic E-state index is -3.49. The monoisotopic (exact) mass is 375 g/mol. The zero-order chi connectivity index (χ0) is 15.5. The quantitative estimate of drug-likeness (QED) is 0.853. The maximum atomic E-state index is 12.5. The second-order valence-electron chi connectivity index (χ2n) is 5.48. The van der Waals surface area contributed by atoms with E-state index in [1.807, 2.05) is 0 Å². The van der Waals surface area contributed by atoms with Crippen molar-refractivity contribution >= 4 is 26.0 Å². The van der Waals surface area contributed by atoms with Crippen molar-refractivity contribution < 1.29 is 13.2 Å². The van der Waals surface area contributed by atoms with Gasteiger partial charge >= 0.3 is 0 Å². The van der Waals surface area contributed by atoms with Crippen molar-refractivity contribution in [3.63, 3.8) is 0 Å². The predicted molar refractivity (Wildman–Crippen MR) is 87.1 cm³/mol. The molecule has 0 spiro atoms. The lowest BCUT2D eigenvalue weighted by molar-refractivity contribution is 0.282. The molecule has 0 saturated heterocycles. The van der Waals surface area contributed by atoms with Gasteiger partial charge in [0.1, 0.15) is 5.75 Å². The number of hydrogen-bond donors (Lipinski definition) is 1. The van der Waals surface area contributed by atoms with Gasteiger partial charge in [-0.1, -0.05) is 26.2 Å². The Morgan fingerprint density at radius 1 is 1.33 bits per heavy atom. The molecule has 1 fully saturated rings. The SMILES string of the molecule is CCC1CCCCC1NS(=O)(=O)c1ccc(OC)c(Br)c1. The summed E-state index contributed by atoms with van der Waals surface area (Å²) in [5.41, 5.74) is 0. The number of halogens is 1. The highest BCUT2D eigenvalue weighted by molar-refractivity contribution is 9.10. The molecule has 21 heavy (non-hydrogen) atoms. The van der Waals surface area contributed by atoms with E-state index in [0.29, 0.717) is 16.1 Å². The van der Waals surface area contributed by atoms with Gasteiger partial charge in [-0.3, -0.25) is 0 Å². The molecule has 6 heteroatoms. The molecule has 1 N–H and O–H groups in total. The highest BCUT2D eigenvalue weighted by Gasteiger charge is 2.28. The molecule has 0 aliphatic heterocycles. The molecule has 1 saturated carbocycles. The molecular weight excluding hydrogens is 354 g/mol. The maximum Gasteiger partial charge on any atom is 0.240 e. The van der Waals surface area contributed by atoms with Crippen molar-refractivity contribution in [1.82, 2.24) is 4.72 Å². The molecule has 0 amide bonds. The minimum Gasteiger partial charge on any atom is -0.496 e. The summed E-state index contributed by atoms with van der Waals surface area (Å²) >= 11 is 3.33. The molecule has 1 aliphatic rings. The van der Waals surface area contributed by atoms with Crippen LogP contribution >= 0.6 is 15.9 Å². The molecule has 1 aromatic carbocycles. The molecular formula is C15H22BrNO3S. The van der Waals surface area contributed by atoms with Crippen LogP contribution in [0.2, 0.25) is 0 Å². The Balaban J connectivity index is 2.19. The largest absolute Gasteiger partial charge is 0.496 e. The molecule has 2 rings (SSSR count). The Morgan fingerprint density at radius 2 is 2.05 bits per heavy atom. The first kappa shape index (κ1) is 16.8. The van der Waals surface area contributed by atoms with Crippen LogP contribution < -0.4 is 9.46 Å². The summed E-state index contributed by atoms with van der Waals surface area (Å²) in [5.74, 6) is 1.06. The van der Waals surface area contributed by atoms with E-state index in [1.165, 1.54) is 6.42 Å². The molecule has 118 valence electrons. The number of rotatable bonds is 5. The van der Waals surface area contributed by atoms with Gasteiger partial charge < -0.3 is 4.74 Å². The van der Waals surface area contributed by atoms with Crippen LogP contribution in [0, 0.1) is 5.92 Å². The molecule has 0 heterocycles. The van der Waals surface area contributed by atoms with E-state index in [-0.39, 0.29) is 10.9 Å². The number of benzene rings is 1. The van der Waals surface area contributed by atoms with Gasteiger partial charge in [0.25, 0.3) is 0 Å². The Labute approximate surface area is 135 Å². The van der Waals surface area contributed by atoms with E-state index in [1.54, 1.807) is 25.3 Å². The van der Waals surface area contributed by atoms with Crippen LogP contribution in [0.15, 0.2) is 27.6 Å². The zero-order valence-corrected chi connectivity index (χ0v) is 14.8. The van der Waals surface area contributed by atoms with Crippen LogP contribution in [0.1, 0.15) is 39.0 Å². The summed E-state index contributed by atoms with van der Waals surface area (Å²) in [5, 5.41) is 0. The molecule has 1 aliphatic carbocycles. The fourth-order valence-electron chi connectivity index (χ4n) is 2.93. The molecule has 0 bridgehead atoms. The fraction of sp³-hybridized carbons (Fsp3) is 0.600. The summed E-state index contributed by atoms with van der Waals surface area (Å²) in [7, 11) is -1.93. The molecule has 2 atom stereocenters. The van der Waals surface area contributed by atoms with E-state index in [0.717, 1.165) is 25.7 Å². The van der Waals surface area contributed by atoms with Crippen LogP contribution in [0.3, 0.4) is 0 Å². The summed E-state index contributed by atoms with van der Waals surface area (Å²) in [6.07, 6.45) is 5.34. The van der Waals surface area contributed by atoms with Gasteiger partial charge in [-0.25, -0.2) is 13.1 Å². The second-order valence-corrected chi connectivity index (χ2v) is 8.05. The standard InChI is InChI=1S/C15H22BrNO3S/c1-3-11-6-4-5-7-14(11)17-21(18,19)12-8-9-15(20-2)13(16)10-12/h8-11,14,17H,3-7H2,1-2H3. The van der Waals surface area contributed by atoms with Crippen LogP contribution in [-0.2, 0) is 10.0 Å². The number of ether oxygens (including phenoxy) is 1. The van der Waals surface area contributed by atoms with Crippen molar-refractivity contribution in [3.05, 3.63) is 22.7 Å². The highest BCUT2D eigenvalue weighted by Crippen LogP contribution is 2.30. The third kappa shape index (κ3) is 3.99. The molecule has 0 aromatic heterocycles. The van der Waals surface area contributed by atoms with E-state index in [2.05, 4.69) is 27.6 Å². The first-order valence-corrected chi connectivity index (χ1v) is 9.61.